The van der Waals surface area contributed by atoms with Crippen molar-refractivity contribution >= 4 is 27.6 Å². The Hall–Kier alpha value is -2.79. The maximum atomic E-state index is 12.6. The highest BCUT2D eigenvalue weighted by Gasteiger charge is 2.37. The Morgan fingerprint density at radius 2 is 1.90 bits per heavy atom. The van der Waals surface area contributed by atoms with Crippen LogP contribution in [0.2, 0.25) is 0 Å². The molecule has 0 N–H and O–H groups in total. The van der Waals surface area contributed by atoms with Crippen LogP contribution in [-0.2, 0) is 24.3 Å². The van der Waals surface area contributed by atoms with Gasteiger partial charge in [-0.2, -0.15) is 4.31 Å². The van der Waals surface area contributed by atoms with Crippen molar-refractivity contribution < 1.29 is 27.2 Å². The molecule has 1 aliphatic heterocycles. The van der Waals surface area contributed by atoms with Crippen molar-refractivity contribution in [2.45, 2.75) is 45.1 Å². The number of ether oxygens (including phenoxy) is 1. The highest BCUT2D eigenvalue weighted by Crippen LogP contribution is 2.29. The minimum Gasteiger partial charge on any atom is -0.452 e. The first kappa shape index (κ1) is 22.9. The summed E-state index contributed by atoms with van der Waals surface area (Å²) in [6.07, 6.45) is -0.712. The molecular weight excluding hydrogens is 424 g/mol. The lowest BCUT2D eigenvalue weighted by Crippen LogP contribution is -2.30. The molecule has 0 aliphatic carbocycles. The predicted octanol–water partition coefficient (Wildman–Crippen LogP) is 2.07. The molecular formula is C20H26N4O6S. The summed E-state index contributed by atoms with van der Waals surface area (Å²) in [4.78, 5) is 26.6. The first-order chi connectivity index (χ1) is 14.7. The molecule has 2 aromatic rings. The van der Waals surface area contributed by atoms with Gasteiger partial charge < -0.3 is 14.1 Å². The summed E-state index contributed by atoms with van der Waals surface area (Å²) in [5.74, 6) is -0.843. The third kappa shape index (κ3) is 4.77. The standard InChI is InChI=1S/C20H26N4O6S/c1-5-23(6-2)31(27,28)17-9-7-16(8-10-17)24-12-15(11-18(24)25)20(26)29-13(3)19-22-21-14(4)30-19/h7-10,13,15H,5-6,11-12H2,1-4H3. The molecule has 1 fully saturated rings. The molecule has 2 heterocycles. The third-order valence-corrected chi connectivity index (χ3v) is 7.20. The Balaban J connectivity index is 1.68. The van der Waals surface area contributed by atoms with Crippen molar-refractivity contribution in [1.29, 1.82) is 0 Å². The van der Waals surface area contributed by atoms with Crippen LogP contribution in [0, 0.1) is 12.8 Å². The summed E-state index contributed by atoms with van der Waals surface area (Å²) in [6, 6.07) is 6.10. The topological polar surface area (TPSA) is 123 Å². The quantitative estimate of drug-likeness (QED) is 0.560. The molecule has 31 heavy (non-hydrogen) atoms. The van der Waals surface area contributed by atoms with Crippen LogP contribution in [0.5, 0.6) is 0 Å². The molecule has 2 unspecified atom stereocenters. The van der Waals surface area contributed by atoms with Gasteiger partial charge in [0, 0.05) is 38.7 Å². The minimum atomic E-state index is -3.58. The van der Waals surface area contributed by atoms with E-state index in [2.05, 4.69) is 10.2 Å². The molecule has 3 rings (SSSR count). The Labute approximate surface area is 181 Å². The van der Waals surface area contributed by atoms with E-state index in [0.717, 1.165) is 0 Å². The second kappa shape index (κ2) is 9.15. The van der Waals surface area contributed by atoms with Crippen molar-refractivity contribution in [2.75, 3.05) is 24.5 Å². The molecule has 1 aromatic carbocycles. The van der Waals surface area contributed by atoms with Crippen molar-refractivity contribution in [2.24, 2.45) is 5.92 Å². The molecule has 1 aliphatic rings. The average molecular weight is 451 g/mol. The molecule has 1 saturated heterocycles. The normalized spacial score (nSPS) is 17.9. The number of hydrogen-bond donors (Lipinski definition) is 0. The van der Waals surface area contributed by atoms with Crippen LogP contribution >= 0.6 is 0 Å². The summed E-state index contributed by atoms with van der Waals surface area (Å²) in [5.41, 5.74) is 0.527. The SMILES string of the molecule is CCN(CC)S(=O)(=O)c1ccc(N2CC(C(=O)OC(C)c3nnc(C)o3)CC2=O)cc1. The lowest BCUT2D eigenvalue weighted by Gasteiger charge is -2.20. The van der Waals surface area contributed by atoms with E-state index in [1.165, 1.54) is 21.3 Å². The first-order valence-electron chi connectivity index (χ1n) is 10.1. The first-order valence-corrected chi connectivity index (χ1v) is 11.5. The van der Waals surface area contributed by atoms with Crippen LogP contribution in [0.15, 0.2) is 33.6 Å². The van der Waals surface area contributed by atoms with E-state index < -0.39 is 28.0 Å². The number of esters is 1. The van der Waals surface area contributed by atoms with E-state index in [4.69, 9.17) is 9.15 Å². The number of sulfonamides is 1. The molecule has 0 spiro atoms. The van der Waals surface area contributed by atoms with E-state index in [-0.39, 0.29) is 29.7 Å². The number of benzene rings is 1. The van der Waals surface area contributed by atoms with Gasteiger partial charge >= 0.3 is 5.97 Å². The number of carbonyl (C=O) groups is 2. The van der Waals surface area contributed by atoms with Gasteiger partial charge in [-0.05, 0) is 31.2 Å². The van der Waals surface area contributed by atoms with Crippen LogP contribution in [0.4, 0.5) is 5.69 Å². The molecule has 10 nitrogen and oxygen atoms in total. The van der Waals surface area contributed by atoms with Gasteiger partial charge in [-0.3, -0.25) is 9.59 Å². The van der Waals surface area contributed by atoms with Gasteiger partial charge in [0.2, 0.25) is 21.8 Å². The zero-order chi connectivity index (χ0) is 22.8. The van der Waals surface area contributed by atoms with Gasteiger partial charge in [0.25, 0.3) is 5.89 Å². The molecule has 2 atom stereocenters. The summed E-state index contributed by atoms with van der Waals surface area (Å²) in [5, 5.41) is 7.54. The van der Waals surface area contributed by atoms with Gasteiger partial charge in [0.15, 0.2) is 6.10 Å². The lowest BCUT2D eigenvalue weighted by atomic mass is 10.1. The largest absolute Gasteiger partial charge is 0.452 e. The van der Waals surface area contributed by atoms with E-state index in [9.17, 15) is 18.0 Å². The maximum Gasteiger partial charge on any atom is 0.312 e. The Kier molecular flexibility index (Phi) is 6.75. The average Bonchev–Trinajstić information content (AvgIpc) is 3.34. The Morgan fingerprint density at radius 1 is 1.26 bits per heavy atom. The molecule has 0 radical (unpaired) electrons. The zero-order valence-electron chi connectivity index (χ0n) is 17.9. The van der Waals surface area contributed by atoms with E-state index in [1.54, 1.807) is 39.8 Å². The zero-order valence-corrected chi connectivity index (χ0v) is 18.8. The fourth-order valence-corrected chi connectivity index (χ4v) is 4.88. The van der Waals surface area contributed by atoms with Crippen LogP contribution in [0.1, 0.15) is 45.1 Å². The smallest absolute Gasteiger partial charge is 0.312 e. The summed E-state index contributed by atoms with van der Waals surface area (Å²) in [6.45, 7) is 7.70. The highest BCUT2D eigenvalue weighted by molar-refractivity contribution is 7.89. The number of hydrogen-bond acceptors (Lipinski definition) is 8. The number of amides is 1. The van der Waals surface area contributed by atoms with Crippen LogP contribution in [0.25, 0.3) is 0 Å². The Bertz CT molecular complexity index is 1050. The van der Waals surface area contributed by atoms with Crippen LogP contribution in [0.3, 0.4) is 0 Å². The van der Waals surface area contributed by atoms with Gasteiger partial charge in [-0.25, -0.2) is 8.42 Å². The summed E-state index contributed by atoms with van der Waals surface area (Å²) < 4.78 is 37.2. The van der Waals surface area contributed by atoms with Crippen molar-refractivity contribution in [3.8, 4) is 0 Å². The highest BCUT2D eigenvalue weighted by atomic mass is 32.2. The van der Waals surface area contributed by atoms with E-state index in [1.807, 2.05) is 0 Å². The monoisotopic (exact) mass is 450 g/mol. The van der Waals surface area contributed by atoms with Crippen molar-refractivity contribution in [3.63, 3.8) is 0 Å². The molecule has 1 aromatic heterocycles. The predicted molar refractivity (Wildman–Crippen MR) is 111 cm³/mol. The lowest BCUT2D eigenvalue weighted by molar-refractivity contribution is -0.154. The van der Waals surface area contributed by atoms with Gasteiger partial charge in [-0.15, -0.1) is 10.2 Å². The molecule has 168 valence electrons. The fourth-order valence-electron chi connectivity index (χ4n) is 3.42. The van der Waals surface area contributed by atoms with Crippen molar-refractivity contribution in [1.82, 2.24) is 14.5 Å². The van der Waals surface area contributed by atoms with Crippen molar-refractivity contribution in [3.05, 3.63) is 36.0 Å². The third-order valence-electron chi connectivity index (χ3n) is 5.13. The van der Waals surface area contributed by atoms with E-state index >= 15 is 0 Å². The van der Waals surface area contributed by atoms with Crippen LogP contribution in [-0.4, -0.2) is 54.4 Å². The molecule has 0 saturated carbocycles. The van der Waals surface area contributed by atoms with Gasteiger partial charge in [-0.1, -0.05) is 13.8 Å². The minimum absolute atomic E-state index is 0.00785. The maximum absolute atomic E-state index is 12.6. The Morgan fingerprint density at radius 3 is 2.45 bits per heavy atom. The fraction of sp³-hybridized carbons (Fsp3) is 0.500. The van der Waals surface area contributed by atoms with Gasteiger partial charge in [0.05, 0.1) is 10.8 Å². The number of carbonyl (C=O) groups excluding carboxylic acids is 2. The number of nitrogens with zero attached hydrogens (tertiary/aromatic N) is 4. The van der Waals surface area contributed by atoms with Gasteiger partial charge in [0.1, 0.15) is 0 Å². The summed E-state index contributed by atoms with van der Waals surface area (Å²) in [7, 11) is -3.58. The number of aromatic nitrogens is 2. The molecule has 11 heteroatoms. The summed E-state index contributed by atoms with van der Waals surface area (Å²) >= 11 is 0. The second-order valence-corrected chi connectivity index (χ2v) is 9.16. The number of anilines is 1. The number of rotatable bonds is 8. The number of aryl methyl sites for hydroxylation is 1. The molecule has 0 bridgehead atoms. The van der Waals surface area contributed by atoms with E-state index in [0.29, 0.717) is 24.7 Å². The molecule has 1 amide bonds. The van der Waals surface area contributed by atoms with Crippen LogP contribution < -0.4 is 4.90 Å². The second-order valence-electron chi connectivity index (χ2n) is 7.23.